The summed E-state index contributed by atoms with van der Waals surface area (Å²) in [5.41, 5.74) is 7.76. The van der Waals surface area contributed by atoms with E-state index >= 15 is 0 Å². The van der Waals surface area contributed by atoms with E-state index < -0.39 is 5.82 Å². The molecule has 0 spiro atoms. The molecule has 1 amide bonds. The highest BCUT2D eigenvalue weighted by Gasteiger charge is 2.12. The van der Waals surface area contributed by atoms with Gasteiger partial charge in [-0.3, -0.25) is 4.79 Å². The number of nitrogens with zero attached hydrogens (tertiary/aromatic N) is 2. The van der Waals surface area contributed by atoms with Crippen LogP contribution >= 0.6 is 0 Å². The number of aryl methyl sites for hydroxylation is 1. The number of halogens is 1. The number of hydrogen-bond donors (Lipinski definition) is 2. The van der Waals surface area contributed by atoms with Crippen LogP contribution in [-0.4, -0.2) is 15.5 Å². The van der Waals surface area contributed by atoms with Crippen molar-refractivity contribution in [2.75, 3.05) is 11.1 Å². The van der Waals surface area contributed by atoms with E-state index in [1.165, 1.54) is 18.2 Å². The summed E-state index contributed by atoms with van der Waals surface area (Å²) in [6, 6.07) is 11.6. The molecule has 0 saturated carbocycles. The minimum atomic E-state index is -0.519. The van der Waals surface area contributed by atoms with Crippen LogP contribution in [0, 0.1) is 12.7 Å². The number of rotatable bonds is 3. The van der Waals surface area contributed by atoms with E-state index in [1.807, 2.05) is 31.2 Å². The molecule has 1 heterocycles. The van der Waals surface area contributed by atoms with Crippen molar-refractivity contribution in [3.8, 4) is 0 Å². The lowest BCUT2D eigenvalue weighted by Crippen LogP contribution is -2.20. The molecule has 22 heavy (non-hydrogen) atoms. The molecule has 112 valence electrons. The molecule has 3 rings (SSSR count). The maximum atomic E-state index is 13.7. The van der Waals surface area contributed by atoms with E-state index in [2.05, 4.69) is 10.3 Å². The van der Waals surface area contributed by atoms with E-state index in [4.69, 9.17) is 5.73 Å². The minimum Gasteiger partial charge on any atom is -0.399 e. The van der Waals surface area contributed by atoms with Crippen LogP contribution < -0.4 is 11.1 Å². The zero-order valence-electron chi connectivity index (χ0n) is 12.0. The van der Waals surface area contributed by atoms with E-state index in [9.17, 15) is 9.18 Å². The zero-order valence-corrected chi connectivity index (χ0v) is 12.0. The normalized spacial score (nSPS) is 10.8. The van der Waals surface area contributed by atoms with Gasteiger partial charge in [-0.05, 0) is 37.3 Å². The predicted octanol–water partition coefficient (Wildman–Crippen LogP) is 2.70. The SMILES string of the molecule is Cc1nc2ccccc2n1CC(=O)Nc1cc(N)ccc1F. The third kappa shape index (κ3) is 2.63. The Hall–Kier alpha value is -2.89. The molecule has 0 aliphatic rings. The van der Waals surface area contributed by atoms with Crippen LogP contribution in [0.25, 0.3) is 11.0 Å². The number of imidazole rings is 1. The molecular weight excluding hydrogens is 283 g/mol. The standard InChI is InChI=1S/C16H15FN4O/c1-10-19-13-4-2-3-5-15(13)21(10)9-16(22)20-14-8-11(18)6-7-12(14)17/h2-8H,9,18H2,1H3,(H,20,22). The Labute approximate surface area is 126 Å². The molecule has 0 saturated heterocycles. The predicted molar refractivity (Wildman–Crippen MR) is 83.9 cm³/mol. The van der Waals surface area contributed by atoms with Crippen molar-refractivity contribution in [2.45, 2.75) is 13.5 Å². The lowest BCUT2D eigenvalue weighted by atomic mass is 10.2. The first kappa shape index (κ1) is 14.1. The van der Waals surface area contributed by atoms with Gasteiger partial charge in [0.2, 0.25) is 5.91 Å². The van der Waals surface area contributed by atoms with Gasteiger partial charge in [-0.1, -0.05) is 12.1 Å². The highest BCUT2D eigenvalue weighted by atomic mass is 19.1. The summed E-state index contributed by atoms with van der Waals surface area (Å²) in [7, 11) is 0. The molecule has 5 nitrogen and oxygen atoms in total. The van der Waals surface area contributed by atoms with Crippen molar-refractivity contribution >= 4 is 28.3 Å². The number of benzene rings is 2. The number of amides is 1. The molecular formula is C16H15FN4O. The molecule has 0 aliphatic carbocycles. The number of fused-ring (bicyclic) bond motifs is 1. The molecule has 6 heteroatoms. The Morgan fingerprint density at radius 2 is 2.09 bits per heavy atom. The van der Waals surface area contributed by atoms with Crippen molar-refractivity contribution in [1.82, 2.24) is 9.55 Å². The van der Waals surface area contributed by atoms with Crippen molar-refractivity contribution in [3.63, 3.8) is 0 Å². The first-order valence-corrected chi connectivity index (χ1v) is 6.81. The third-order valence-corrected chi connectivity index (χ3v) is 3.41. The first-order valence-electron chi connectivity index (χ1n) is 6.81. The molecule has 0 atom stereocenters. The van der Waals surface area contributed by atoms with Crippen molar-refractivity contribution < 1.29 is 9.18 Å². The van der Waals surface area contributed by atoms with Crippen LogP contribution in [0.5, 0.6) is 0 Å². The summed E-state index contributed by atoms with van der Waals surface area (Å²) in [6.07, 6.45) is 0. The number of carbonyl (C=O) groups is 1. The van der Waals surface area contributed by atoms with Crippen LogP contribution in [0.4, 0.5) is 15.8 Å². The van der Waals surface area contributed by atoms with Gasteiger partial charge in [-0.2, -0.15) is 0 Å². The van der Waals surface area contributed by atoms with Gasteiger partial charge in [0, 0.05) is 5.69 Å². The number of nitrogen functional groups attached to an aromatic ring is 1. The van der Waals surface area contributed by atoms with Gasteiger partial charge >= 0.3 is 0 Å². The molecule has 1 aromatic heterocycles. The van der Waals surface area contributed by atoms with Crippen molar-refractivity contribution in [1.29, 1.82) is 0 Å². The van der Waals surface area contributed by atoms with Gasteiger partial charge < -0.3 is 15.6 Å². The van der Waals surface area contributed by atoms with Gasteiger partial charge in [0.05, 0.1) is 16.7 Å². The number of hydrogen-bond acceptors (Lipinski definition) is 3. The molecule has 2 aromatic carbocycles. The summed E-state index contributed by atoms with van der Waals surface area (Å²) in [4.78, 5) is 16.6. The fourth-order valence-corrected chi connectivity index (χ4v) is 2.37. The number of nitrogens with two attached hydrogens (primary N) is 1. The molecule has 3 N–H and O–H groups in total. The van der Waals surface area contributed by atoms with Gasteiger partial charge in [-0.25, -0.2) is 9.37 Å². The number of nitrogens with one attached hydrogen (secondary N) is 1. The molecule has 0 aliphatic heterocycles. The summed E-state index contributed by atoms with van der Waals surface area (Å²) in [5.74, 6) is -0.130. The van der Waals surface area contributed by atoms with Gasteiger partial charge in [0.25, 0.3) is 0 Å². The second-order valence-corrected chi connectivity index (χ2v) is 5.02. The summed E-state index contributed by atoms with van der Waals surface area (Å²) in [5, 5.41) is 2.54. The fraction of sp³-hybridized carbons (Fsp3) is 0.125. The monoisotopic (exact) mass is 298 g/mol. The van der Waals surface area contributed by atoms with Crippen LogP contribution in [0.2, 0.25) is 0 Å². The smallest absolute Gasteiger partial charge is 0.244 e. The highest BCUT2D eigenvalue weighted by Crippen LogP contribution is 2.19. The summed E-state index contributed by atoms with van der Waals surface area (Å²) >= 11 is 0. The molecule has 0 fully saturated rings. The lowest BCUT2D eigenvalue weighted by molar-refractivity contribution is -0.116. The number of aromatic nitrogens is 2. The van der Waals surface area contributed by atoms with Gasteiger partial charge in [0.15, 0.2) is 0 Å². The van der Waals surface area contributed by atoms with Crippen LogP contribution in [0.15, 0.2) is 42.5 Å². The largest absolute Gasteiger partial charge is 0.399 e. The van der Waals surface area contributed by atoms with Gasteiger partial charge in [0.1, 0.15) is 18.2 Å². The number of para-hydroxylation sites is 2. The van der Waals surface area contributed by atoms with Crippen LogP contribution in [0.3, 0.4) is 0 Å². The van der Waals surface area contributed by atoms with E-state index in [0.717, 1.165) is 16.9 Å². The van der Waals surface area contributed by atoms with E-state index in [1.54, 1.807) is 4.57 Å². The maximum absolute atomic E-state index is 13.7. The lowest BCUT2D eigenvalue weighted by Gasteiger charge is -2.09. The Morgan fingerprint density at radius 1 is 1.32 bits per heavy atom. The average molecular weight is 298 g/mol. The fourth-order valence-electron chi connectivity index (χ4n) is 2.37. The summed E-state index contributed by atoms with van der Waals surface area (Å²) < 4.78 is 15.4. The quantitative estimate of drug-likeness (QED) is 0.730. The van der Waals surface area contributed by atoms with Gasteiger partial charge in [-0.15, -0.1) is 0 Å². The maximum Gasteiger partial charge on any atom is 0.244 e. The number of carbonyl (C=O) groups excluding carboxylic acids is 1. The molecule has 0 unspecified atom stereocenters. The molecule has 0 bridgehead atoms. The second-order valence-electron chi connectivity index (χ2n) is 5.02. The van der Waals surface area contributed by atoms with Crippen LogP contribution in [-0.2, 0) is 11.3 Å². The second kappa shape index (κ2) is 5.48. The zero-order chi connectivity index (χ0) is 15.7. The van der Waals surface area contributed by atoms with Crippen molar-refractivity contribution in [3.05, 3.63) is 54.1 Å². The Morgan fingerprint density at radius 3 is 2.91 bits per heavy atom. The first-order chi connectivity index (χ1) is 10.5. The molecule has 0 radical (unpaired) electrons. The average Bonchev–Trinajstić information content (AvgIpc) is 2.79. The Bertz CT molecular complexity index is 856. The van der Waals surface area contributed by atoms with E-state index in [-0.39, 0.29) is 18.1 Å². The van der Waals surface area contributed by atoms with E-state index in [0.29, 0.717) is 5.69 Å². The minimum absolute atomic E-state index is 0.0561. The molecule has 3 aromatic rings. The Balaban J connectivity index is 1.84. The van der Waals surface area contributed by atoms with Crippen LogP contribution in [0.1, 0.15) is 5.82 Å². The third-order valence-electron chi connectivity index (χ3n) is 3.41. The highest BCUT2D eigenvalue weighted by molar-refractivity contribution is 5.92. The van der Waals surface area contributed by atoms with Crippen molar-refractivity contribution in [2.24, 2.45) is 0 Å². The number of anilines is 2. The topological polar surface area (TPSA) is 72.9 Å². The summed E-state index contributed by atoms with van der Waals surface area (Å²) in [6.45, 7) is 1.88. The Kier molecular flexibility index (Phi) is 3.50.